The van der Waals surface area contributed by atoms with Gasteiger partial charge in [-0.3, -0.25) is 4.79 Å². The lowest BCUT2D eigenvalue weighted by molar-refractivity contribution is -0.119. The van der Waals surface area contributed by atoms with Gasteiger partial charge in [0.05, 0.1) is 12.2 Å². The zero-order valence-electron chi connectivity index (χ0n) is 18.0. The fourth-order valence-electron chi connectivity index (χ4n) is 4.01. The van der Waals surface area contributed by atoms with E-state index in [2.05, 4.69) is 30.6 Å². The number of hydrogen-bond donors (Lipinski definition) is 3. The number of nitrogens with two attached hydrogens (primary N) is 1. The van der Waals surface area contributed by atoms with Gasteiger partial charge in [-0.15, -0.1) is 0 Å². The molecule has 10 nitrogen and oxygen atoms in total. The number of halogens is 1. The third-order valence-corrected chi connectivity index (χ3v) is 6.00. The van der Waals surface area contributed by atoms with Crippen LogP contribution in [0.3, 0.4) is 0 Å². The molecule has 0 spiro atoms. The van der Waals surface area contributed by atoms with Crippen LogP contribution in [0.1, 0.15) is 18.1 Å². The molecule has 5 rings (SSSR count). The highest BCUT2D eigenvalue weighted by molar-refractivity contribution is 6.30. The van der Waals surface area contributed by atoms with Crippen molar-refractivity contribution in [3.8, 4) is 11.5 Å². The second-order valence-corrected chi connectivity index (χ2v) is 8.23. The van der Waals surface area contributed by atoms with E-state index >= 15 is 0 Å². The lowest BCUT2D eigenvalue weighted by Crippen LogP contribution is -2.32. The molecule has 0 aliphatic carbocycles. The summed E-state index contributed by atoms with van der Waals surface area (Å²) in [6.07, 6.45) is 5.25. The van der Waals surface area contributed by atoms with E-state index < -0.39 is 5.41 Å². The fraction of sp³-hybridized carbons (Fsp3) is 0.227. The Labute approximate surface area is 194 Å². The molecule has 4 heterocycles. The molecular formula is C22H21ClN8O2. The quantitative estimate of drug-likeness (QED) is 0.371. The molecule has 4 N–H and O–H groups in total. The Bertz CT molecular complexity index is 1370. The molecule has 1 aliphatic heterocycles. The number of nitrogen functional groups attached to an aromatic ring is 1. The van der Waals surface area contributed by atoms with Crippen molar-refractivity contribution in [2.75, 3.05) is 36.6 Å². The number of fused-ring (bicyclic) bond motifs is 2. The Morgan fingerprint density at radius 3 is 2.79 bits per heavy atom. The highest BCUT2D eigenvalue weighted by Crippen LogP contribution is 2.45. The summed E-state index contributed by atoms with van der Waals surface area (Å²) in [5.74, 6) is 1.18. The SMILES string of the molecule is COCCNc1nc(-c2nc(N)c3c(n2)NC(=O)C3(C)c2ccc(Cl)cc2)cn2ccnc12. The number of rotatable bonds is 6. The standard InChI is InChI=1S/C22H21ClN8O2/c1-22(12-3-5-13(23)6-4-12)15-16(24)28-17(29-18(15)30-21(22)32)14-11-31-9-7-26-20(31)19(27-14)25-8-10-33-2/h3-7,9,11H,8,10H2,1-2H3,(H,25,27)(H3,24,28,29,30,32). The minimum atomic E-state index is -1.04. The normalized spacial score (nSPS) is 17.2. The Balaban J connectivity index is 1.60. The fourth-order valence-corrected chi connectivity index (χ4v) is 4.14. The third kappa shape index (κ3) is 3.43. The number of carbonyl (C=O) groups is 1. The van der Waals surface area contributed by atoms with Crippen molar-refractivity contribution in [1.82, 2.24) is 24.3 Å². The summed E-state index contributed by atoms with van der Waals surface area (Å²) in [5, 5.41) is 6.65. The molecule has 0 saturated heterocycles. The van der Waals surface area contributed by atoms with Crippen molar-refractivity contribution in [2.45, 2.75) is 12.3 Å². The number of anilines is 3. The molecule has 0 saturated carbocycles. The van der Waals surface area contributed by atoms with Crippen LogP contribution in [0.15, 0.2) is 42.9 Å². The predicted octanol–water partition coefficient (Wildman–Crippen LogP) is 2.74. The number of hydrogen-bond acceptors (Lipinski definition) is 8. The van der Waals surface area contributed by atoms with E-state index in [4.69, 9.17) is 22.1 Å². The molecule has 1 unspecified atom stereocenters. The first-order valence-corrected chi connectivity index (χ1v) is 10.6. The highest BCUT2D eigenvalue weighted by atomic mass is 35.5. The topological polar surface area (TPSA) is 132 Å². The largest absolute Gasteiger partial charge is 0.383 e. The van der Waals surface area contributed by atoms with E-state index in [1.165, 1.54) is 0 Å². The number of imidazole rings is 1. The van der Waals surface area contributed by atoms with E-state index in [-0.39, 0.29) is 17.5 Å². The van der Waals surface area contributed by atoms with Crippen molar-refractivity contribution >= 4 is 40.6 Å². The zero-order chi connectivity index (χ0) is 23.2. The van der Waals surface area contributed by atoms with E-state index in [1.807, 2.05) is 4.40 Å². The Hall–Kier alpha value is -3.76. The van der Waals surface area contributed by atoms with Gasteiger partial charge in [-0.25, -0.2) is 19.9 Å². The molecule has 33 heavy (non-hydrogen) atoms. The number of methoxy groups -OCH3 is 1. The van der Waals surface area contributed by atoms with E-state index in [0.29, 0.717) is 46.7 Å². The van der Waals surface area contributed by atoms with Crippen LogP contribution in [0.4, 0.5) is 17.5 Å². The summed E-state index contributed by atoms with van der Waals surface area (Å²) < 4.78 is 6.92. The van der Waals surface area contributed by atoms with Gasteiger partial charge in [-0.1, -0.05) is 23.7 Å². The molecule has 4 aromatic rings. The van der Waals surface area contributed by atoms with Gasteiger partial charge in [0, 0.05) is 37.3 Å². The van der Waals surface area contributed by atoms with Crippen LogP contribution in [0.2, 0.25) is 5.02 Å². The summed E-state index contributed by atoms with van der Waals surface area (Å²) in [7, 11) is 1.63. The van der Waals surface area contributed by atoms with Gasteiger partial charge in [-0.2, -0.15) is 0 Å². The Morgan fingerprint density at radius 1 is 1.24 bits per heavy atom. The van der Waals surface area contributed by atoms with E-state index in [9.17, 15) is 4.79 Å². The molecule has 0 radical (unpaired) electrons. The van der Waals surface area contributed by atoms with Crippen molar-refractivity contribution in [1.29, 1.82) is 0 Å². The Morgan fingerprint density at radius 2 is 2.03 bits per heavy atom. The molecule has 1 aromatic carbocycles. The number of nitrogens with zero attached hydrogens (tertiary/aromatic N) is 5. The van der Waals surface area contributed by atoms with Crippen molar-refractivity contribution in [2.24, 2.45) is 0 Å². The molecule has 3 aromatic heterocycles. The van der Waals surface area contributed by atoms with Gasteiger partial charge in [0.15, 0.2) is 17.3 Å². The number of benzene rings is 1. The average molecular weight is 465 g/mol. The first-order chi connectivity index (χ1) is 15.9. The van der Waals surface area contributed by atoms with Crippen LogP contribution < -0.4 is 16.4 Å². The molecule has 0 bridgehead atoms. The number of nitrogens with one attached hydrogen (secondary N) is 2. The van der Waals surface area contributed by atoms with Gasteiger partial charge in [-0.05, 0) is 24.6 Å². The zero-order valence-corrected chi connectivity index (χ0v) is 18.7. The van der Waals surface area contributed by atoms with Gasteiger partial charge in [0.1, 0.15) is 22.7 Å². The highest BCUT2D eigenvalue weighted by Gasteiger charge is 2.47. The maximum atomic E-state index is 13.1. The first kappa shape index (κ1) is 21.1. The van der Waals surface area contributed by atoms with Gasteiger partial charge in [0.25, 0.3) is 0 Å². The van der Waals surface area contributed by atoms with Gasteiger partial charge >= 0.3 is 0 Å². The first-order valence-electron chi connectivity index (χ1n) is 10.2. The van der Waals surface area contributed by atoms with Crippen LogP contribution in [0.25, 0.3) is 17.2 Å². The van der Waals surface area contributed by atoms with Gasteiger partial charge in [0.2, 0.25) is 5.91 Å². The van der Waals surface area contributed by atoms with Crippen molar-refractivity contribution in [3.63, 3.8) is 0 Å². The monoisotopic (exact) mass is 464 g/mol. The summed E-state index contributed by atoms with van der Waals surface area (Å²) in [6, 6.07) is 7.08. The van der Waals surface area contributed by atoms with Crippen LogP contribution >= 0.6 is 11.6 Å². The third-order valence-electron chi connectivity index (χ3n) is 5.75. The second-order valence-electron chi connectivity index (χ2n) is 7.79. The molecule has 11 heteroatoms. The molecular weight excluding hydrogens is 444 g/mol. The van der Waals surface area contributed by atoms with Crippen LogP contribution in [0.5, 0.6) is 0 Å². The smallest absolute Gasteiger partial charge is 0.240 e. The molecule has 168 valence electrons. The molecule has 1 aliphatic rings. The van der Waals surface area contributed by atoms with E-state index in [1.54, 1.807) is 56.9 Å². The maximum Gasteiger partial charge on any atom is 0.240 e. The lowest BCUT2D eigenvalue weighted by atomic mass is 9.78. The number of carbonyl (C=O) groups excluding carboxylic acids is 1. The van der Waals surface area contributed by atoms with Crippen LogP contribution in [0, 0.1) is 0 Å². The van der Waals surface area contributed by atoms with Crippen molar-refractivity contribution < 1.29 is 9.53 Å². The lowest BCUT2D eigenvalue weighted by Gasteiger charge is -2.23. The van der Waals surface area contributed by atoms with Gasteiger partial charge < -0.3 is 25.5 Å². The summed E-state index contributed by atoms with van der Waals surface area (Å²) in [6.45, 7) is 2.86. The molecule has 1 atom stereocenters. The van der Waals surface area contributed by atoms with Crippen LogP contribution in [-0.2, 0) is 14.9 Å². The van der Waals surface area contributed by atoms with Crippen LogP contribution in [-0.4, -0.2) is 50.5 Å². The predicted molar refractivity (Wildman–Crippen MR) is 125 cm³/mol. The number of aromatic nitrogens is 5. The minimum absolute atomic E-state index is 0.201. The number of ether oxygens (including phenoxy) is 1. The van der Waals surface area contributed by atoms with Crippen molar-refractivity contribution in [3.05, 3.63) is 59.0 Å². The molecule has 0 fully saturated rings. The number of amides is 1. The Kier molecular flexibility index (Phi) is 5.10. The maximum absolute atomic E-state index is 13.1. The molecule has 1 amide bonds. The minimum Gasteiger partial charge on any atom is -0.383 e. The average Bonchev–Trinajstić information content (AvgIpc) is 3.37. The van der Waals surface area contributed by atoms with E-state index in [0.717, 1.165) is 5.56 Å². The summed E-state index contributed by atoms with van der Waals surface area (Å²) in [4.78, 5) is 31.2. The summed E-state index contributed by atoms with van der Waals surface area (Å²) in [5.41, 5.74) is 7.76. The summed E-state index contributed by atoms with van der Waals surface area (Å²) >= 11 is 6.03. The second kappa shape index (κ2) is 7.98.